The lowest BCUT2D eigenvalue weighted by Crippen LogP contribution is -1.65. The molecule has 0 radical (unpaired) electrons. The molecule has 42 valence electrons. The van der Waals surface area contributed by atoms with E-state index in [2.05, 4.69) is 19.2 Å². The Morgan fingerprint density at radius 1 is 1.71 bits per heavy atom. The van der Waals surface area contributed by atoms with E-state index in [9.17, 15) is 4.79 Å². The second-order valence-electron chi connectivity index (χ2n) is 0.964. The van der Waals surface area contributed by atoms with E-state index in [0.717, 1.165) is 6.29 Å². The topological polar surface area (TPSA) is 17.1 Å². The van der Waals surface area contributed by atoms with E-state index in [1.54, 1.807) is 13.2 Å². The normalized spacial score (nSPS) is 5.57. The number of carbonyl (C=O) groups excluding carboxylic acids is 1. The standard InChI is InChI=1S/C4H6O.CH4S/c1-4(2)3-5;1-2/h3H,1H2,2H3;2H,1H3. The van der Waals surface area contributed by atoms with Crippen molar-refractivity contribution in [1.82, 2.24) is 0 Å². The molecule has 0 rings (SSSR count). The molecular weight excluding hydrogens is 108 g/mol. The zero-order chi connectivity index (χ0) is 6.28. The van der Waals surface area contributed by atoms with Gasteiger partial charge >= 0.3 is 0 Å². The zero-order valence-corrected chi connectivity index (χ0v) is 5.53. The van der Waals surface area contributed by atoms with Crippen LogP contribution in [-0.2, 0) is 4.79 Å². The molecule has 0 aliphatic carbocycles. The van der Waals surface area contributed by atoms with Crippen LogP contribution in [-0.4, -0.2) is 12.5 Å². The van der Waals surface area contributed by atoms with Crippen molar-refractivity contribution < 1.29 is 4.79 Å². The molecule has 0 amide bonds. The molecule has 0 aromatic rings. The molecular formula is C5H10OS. The lowest BCUT2D eigenvalue weighted by atomic mass is 10.4. The van der Waals surface area contributed by atoms with E-state index < -0.39 is 0 Å². The van der Waals surface area contributed by atoms with Gasteiger partial charge in [-0.05, 0) is 18.8 Å². The molecule has 7 heavy (non-hydrogen) atoms. The molecule has 0 spiro atoms. The van der Waals surface area contributed by atoms with Crippen LogP contribution in [0.25, 0.3) is 0 Å². The number of rotatable bonds is 1. The van der Waals surface area contributed by atoms with Gasteiger partial charge in [0, 0.05) is 0 Å². The molecule has 0 aromatic heterocycles. The average Bonchev–Trinajstić information content (AvgIpc) is 1.73. The summed E-state index contributed by atoms with van der Waals surface area (Å²) in [6.07, 6.45) is 2.42. The number of allylic oxidation sites excluding steroid dienone is 1. The van der Waals surface area contributed by atoms with Gasteiger partial charge in [0.1, 0.15) is 6.29 Å². The summed E-state index contributed by atoms with van der Waals surface area (Å²) in [4.78, 5) is 9.41. The minimum Gasteiger partial charge on any atom is -0.298 e. The predicted molar refractivity (Wildman–Crippen MR) is 35.8 cm³/mol. The first-order valence-corrected chi connectivity index (χ1v) is 2.72. The molecule has 0 fully saturated rings. The maximum atomic E-state index is 9.41. The van der Waals surface area contributed by atoms with Crippen molar-refractivity contribution in [2.75, 3.05) is 6.26 Å². The van der Waals surface area contributed by atoms with Crippen LogP contribution in [0.3, 0.4) is 0 Å². The molecule has 1 nitrogen and oxygen atoms in total. The highest BCUT2D eigenvalue weighted by atomic mass is 32.1. The summed E-state index contributed by atoms with van der Waals surface area (Å²) < 4.78 is 0. The van der Waals surface area contributed by atoms with Crippen LogP contribution in [0.5, 0.6) is 0 Å². The summed E-state index contributed by atoms with van der Waals surface area (Å²) in [6.45, 7) is 4.97. The minimum atomic E-state index is 0.574. The van der Waals surface area contributed by atoms with Gasteiger partial charge in [-0.3, -0.25) is 4.79 Å². The van der Waals surface area contributed by atoms with Gasteiger partial charge in [0.2, 0.25) is 0 Å². The Bertz CT molecular complexity index is 59.1. The second-order valence-corrected chi connectivity index (χ2v) is 0.964. The Hall–Kier alpha value is -0.240. The fraction of sp³-hybridized carbons (Fsp3) is 0.400. The summed E-state index contributed by atoms with van der Waals surface area (Å²) in [7, 11) is 0. The van der Waals surface area contributed by atoms with Crippen molar-refractivity contribution >= 4 is 18.9 Å². The number of aldehydes is 1. The van der Waals surface area contributed by atoms with E-state index >= 15 is 0 Å². The van der Waals surface area contributed by atoms with Crippen molar-refractivity contribution in [1.29, 1.82) is 0 Å². The van der Waals surface area contributed by atoms with E-state index in [-0.39, 0.29) is 0 Å². The second kappa shape index (κ2) is 9.23. The van der Waals surface area contributed by atoms with Crippen LogP contribution >= 0.6 is 12.6 Å². The monoisotopic (exact) mass is 118 g/mol. The van der Waals surface area contributed by atoms with E-state index in [1.807, 2.05) is 0 Å². The van der Waals surface area contributed by atoms with Crippen molar-refractivity contribution in [2.24, 2.45) is 0 Å². The molecule has 0 aromatic carbocycles. The van der Waals surface area contributed by atoms with Gasteiger partial charge in [-0.1, -0.05) is 6.58 Å². The van der Waals surface area contributed by atoms with E-state index in [4.69, 9.17) is 0 Å². The molecule has 0 unspecified atom stereocenters. The van der Waals surface area contributed by atoms with Crippen LogP contribution in [0.15, 0.2) is 12.2 Å². The van der Waals surface area contributed by atoms with Crippen molar-refractivity contribution in [3.8, 4) is 0 Å². The van der Waals surface area contributed by atoms with Gasteiger partial charge in [0.05, 0.1) is 0 Å². The van der Waals surface area contributed by atoms with Gasteiger partial charge < -0.3 is 0 Å². The largest absolute Gasteiger partial charge is 0.298 e. The molecule has 0 saturated heterocycles. The zero-order valence-electron chi connectivity index (χ0n) is 4.64. The summed E-state index contributed by atoms with van der Waals surface area (Å²) in [5.74, 6) is 0. The van der Waals surface area contributed by atoms with Gasteiger partial charge in [-0.25, -0.2) is 0 Å². The Morgan fingerprint density at radius 2 is 1.86 bits per heavy atom. The average molecular weight is 118 g/mol. The molecule has 0 N–H and O–H groups in total. The molecule has 0 bridgehead atoms. The maximum Gasteiger partial charge on any atom is 0.145 e. The molecule has 0 aliphatic heterocycles. The smallest absolute Gasteiger partial charge is 0.145 e. The highest BCUT2D eigenvalue weighted by Gasteiger charge is 1.66. The number of hydrogen-bond acceptors (Lipinski definition) is 2. The van der Waals surface area contributed by atoms with E-state index in [1.165, 1.54) is 0 Å². The third kappa shape index (κ3) is 26.3. The molecule has 0 atom stereocenters. The first-order valence-electron chi connectivity index (χ1n) is 1.83. The Kier molecular flexibility index (Phi) is 13.1. The van der Waals surface area contributed by atoms with Gasteiger partial charge in [-0.15, -0.1) is 0 Å². The van der Waals surface area contributed by atoms with Gasteiger partial charge in [-0.2, -0.15) is 12.6 Å². The third-order valence-corrected chi connectivity index (χ3v) is 0.201. The lowest BCUT2D eigenvalue weighted by molar-refractivity contribution is -0.104. The molecule has 2 heteroatoms. The Labute approximate surface area is 49.8 Å². The van der Waals surface area contributed by atoms with Crippen LogP contribution in [0, 0.1) is 0 Å². The first-order chi connectivity index (χ1) is 3.27. The van der Waals surface area contributed by atoms with Crippen LogP contribution in [0.1, 0.15) is 6.92 Å². The van der Waals surface area contributed by atoms with Crippen molar-refractivity contribution in [3.05, 3.63) is 12.2 Å². The van der Waals surface area contributed by atoms with Gasteiger partial charge in [0.15, 0.2) is 0 Å². The Balaban J connectivity index is 0. The van der Waals surface area contributed by atoms with Crippen LogP contribution in [0.2, 0.25) is 0 Å². The number of thiol groups is 1. The van der Waals surface area contributed by atoms with Crippen LogP contribution in [0.4, 0.5) is 0 Å². The lowest BCUT2D eigenvalue weighted by Gasteiger charge is -1.65. The van der Waals surface area contributed by atoms with Gasteiger partial charge in [0.25, 0.3) is 0 Å². The fourth-order valence-corrected chi connectivity index (χ4v) is 0. The highest BCUT2D eigenvalue weighted by molar-refractivity contribution is 7.79. The number of carbonyl (C=O) groups is 1. The molecule has 0 heterocycles. The summed E-state index contributed by atoms with van der Waals surface area (Å²) in [5.41, 5.74) is 0.574. The summed E-state index contributed by atoms with van der Waals surface area (Å²) in [6, 6.07) is 0. The summed E-state index contributed by atoms with van der Waals surface area (Å²) >= 11 is 3.53. The Morgan fingerprint density at radius 3 is 1.86 bits per heavy atom. The minimum absolute atomic E-state index is 0.574. The van der Waals surface area contributed by atoms with Crippen LogP contribution < -0.4 is 0 Å². The fourth-order valence-electron chi connectivity index (χ4n) is 0. The van der Waals surface area contributed by atoms with Crippen molar-refractivity contribution in [3.63, 3.8) is 0 Å². The SMILES string of the molecule is C=C(C)C=O.CS. The highest BCUT2D eigenvalue weighted by Crippen LogP contribution is 1.70. The molecule has 0 saturated carbocycles. The molecule has 0 aliphatic rings. The first kappa shape index (κ1) is 9.90. The third-order valence-electron chi connectivity index (χ3n) is 0.201. The summed E-state index contributed by atoms with van der Waals surface area (Å²) in [5, 5.41) is 0. The van der Waals surface area contributed by atoms with E-state index in [0.29, 0.717) is 5.57 Å². The van der Waals surface area contributed by atoms with Crippen molar-refractivity contribution in [2.45, 2.75) is 6.92 Å². The quantitative estimate of drug-likeness (QED) is 0.312. The number of hydrogen-bond donors (Lipinski definition) is 1. The maximum absolute atomic E-state index is 9.41. The predicted octanol–water partition coefficient (Wildman–Crippen LogP) is 1.31.